The molecule has 0 spiro atoms. The summed E-state index contributed by atoms with van der Waals surface area (Å²) in [5.41, 5.74) is 6.80. The Morgan fingerprint density at radius 3 is 1.96 bits per heavy atom. The van der Waals surface area contributed by atoms with Crippen molar-refractivity contribution in [3.63, 3.8) is 0 Å². The molecule has 0 aromatic heterocycles. The normalized spacial score (nSPS) is 11.5. The van der Waals surface area contributed by atoms with E-state index in [4.69, 9.17) is 0 Å². The van der Waals surface area contributed by atoms with Crippen LogP contribution in [0.2, 0.25) is 0 Å². The molecule has 0 bridgehead atoms. The zero-order valence-corrected chi connectivity index (χ0v) is 16.3. The van der Waals surface area contributed by atoms with Crippen molar-refractivity contribution in [2.24, 2.45) is 0 Å². The summed E-state index contributed by atoms with van der Waals surface area (Å²) in [6.07, 6.45) is -3.59. The van der Waals surface area contributed by atoms with E-state index in [0.29, 0.717) is 5.56 Å². The third-order valence-corrected chi connectivity index (χ3v) is 5.07. The fourth-order valence-corrected chi connectivity index (χ4v) is 3.40. The predicted molar refractivity (Wildman–Crippen MR) is 111 cm³/mol. The lowest BCUT2D eigenvalue weighted by molar-refractivity contribution is -0.137. The third kappa shape index (κ3) is 4.04. The molecule has 0 radical (unpaired) electrons. The Balaban J connectivity index is 2.27. The number of rotatable bonds is 4. The van der Waals surface area contributed by atoms with E-state index < -0.39 is 11.7 Å². The van der Waals surface area contributed by atoms with E-state index in [1.165, 1.54) is 12.1 Å². The van der Waals surface area contributed by atoms with E-state index in [9.17, 15) is 13.2 Å². The largest absolute Gasteiger partial charge is 0.416 e. The molecule has 0 unspecified atom stereocenters. The smallest absolute Gasteiger partial charge is 0.166 e. The first-order chi connectivity index (χ1) is 13.2. The van der Waals surface area contributed by atoms with Gasteiger partial charge in [-0.15, -0.1) is 0 Å². The molecule has 0 N–H and O–H groups in total. The van der Waals surface area contributed by atoms with Gasteiger partial charge < -0.3 is 0 Å². The summed E-state index contributed by atoms with van der Waals surface area (Å²) in [7, 11) is 0. The molecule has 0 saturated carbocycles. The van der Waals surface area contributed by atoms with E-state index >= 15 is 0 Å². The Bertz CT molecular complexity index is 1030. The highest BCUT2D eigenvalue weighted by atomic mass is 19.4. The highest BCUT2D eigenvalue weighted by Gasteiger charge is 2.30. The van der Waals surface area contributed by atoms with E-state index in [-0.39, 0.29) is 0 Å². The van der Waals surface area contributed by atoms with E-state index in [1.54, 1.807) is 6.07 Å². The monoisotopic (exact) mass is 380 g/mol. The second-order valence-corrected chi connectivity index (χ2v) is 7.10. The molecule has 0 heterocycles. The molecular weight excluding hydrogens is 357 g/mol. The molecule has 0 saturated heterocycles. The van der Waals surface area contributed by atoms with Gasteiger partial charge in [0.1, 0.15) is 0 Å². The van der Waals surface area contributed by atoms with Crippen LogP contribution in [-0.4, -0.2) is 0 Å². The molecule has 0 aliphatic rings. The average molecular weight is 380 g/mol. The zero-order valence-electron chi connectivity index (χ0n) is 16.3. The molecule has 144 valence electrons. The second-order valence-electron chi connectivity index (χ2n) is 7.10. The first-order valence-corrected chi connectivity index (χ1v) is 9.28. The Morgan fingerprint density at radius 2 is 1.43 bits per heavy atom. The molecule has 0 aliphatic heterocycles. The molecular formula is C25H23F3. The van der Waals surface area contributed by atoms with Gasteiger partial charge in [0, 0.05) is 0 Å². The van der Waals surface area contributed by atoms with Crippen LogP contribution in [-0.2, 0) is 6.18 Å². The summed E-state index contributed by atoms with van der Waals surface area (Å²) in [5, 5.41) is 0. The minimum Gasteiger partial charge on any atom is -0.166 e. The van der Waals surface area contributed by atoms with Crippen LogP contribution in [0.1, 0.15) is 35.6 Å². The van der Waals surface area contributed by atoms with Crippen molar-refractivity contribution in [2.45, 2.75) is 33.4 Å². The van der Waals surface area contributed by atoms with Crippen LogP contribution in [0.15, 0.2) is 67.2 Å². The highest BCUT2D eigenvalue weighted by molar-refractivity contribution is 5.83. The Hall–Kier alpha value is -2.81. The highest BCUT2D eigenvalue weighted by Crippen LogP contribution is 2.38. The molecule has 0 atom stereocenters. The summed E-state index contributed by atoms with van der Waals surface area (Å²) in [6.45, 7) is 10.2. The lowest BCUT2D eigenvalue weighted by Crippen LogP contribution is -2.04. The standard InChI is InChI=1S/C25H23F3/c1-5-17(3)21-14-23(19-9-6-8-16(2)12-19)18(4)24(15-21)20-10-7-11-22(13-20)25(26,27)28/h6-15H,3,5H2,1-2,4H3. The molecule has 0 aliphatic carbocycles. The summed E-state index contributed by atoms with van der Waals surface area (Å²) in [5.74, 6) is 0. The number of benzene rings is 3. The number of hydrogen-bond donors (Lipinski definition) is 0. The number of aryl methyl sites for hydroxylation is 1. The van der Waals surface area contributed by atoms with Crippen molar-refractivity contribution in [1.82, 2.24) is 0 Å². The van der Waals surface area contributed by atoms with Crippen molar-refractivity contribution in [2.75, 3.05) is 0 Å². The number of allylic oxidation sites excluding steroid dienone is 1. The summed E-state index contributed by atoms with van der Waals surface area (Å²) >= 11 is 0. The topological polar surface area (TPSA) is 0 Å². The van der Waals surface area contributed by atoms with Gasteiger partial charge in [-0.25, -0.2) is 0 Å². The van der Waals surface area contributed by atoms with Gasteiger partial charge in [0.05, 0.1) is 5.56 Å². The van der Waals surface area contributed by atoms with Crippen molar-refractivity contribution >= 4 is 5.57 Å². The van der Waals surface area contributed by atoms with Gasteiger partial charge in [0.2, 0.25) is 0 Å². The van der Waals surface area contributed by atoms with Gasteiger partial charge in [-0.05, 0) is 83.5 Å². The summed E-state index contributed by atoms with van der Waals surface area (Å²) < 4.78 is 39.7. The van der Waals surface area contributed by atoms with Gasteiger partial charge in [0.15, 0.2) is 0 Å². The minimum absolute atomic E-state index is 0.562. The second kappa shape index (κ2) is 7.67. The van der Waals surface area contributed by atoms with E-state index in [2.05, 4.69) is 18.7 Å². The van der Waals surface area contributed by atoms with Crippen LogP contribution in [0.25, 0.3) is 27.8 Å². The summed E-state index contributed by atoms with van der Waals surface area (Å²) in [4.78, 5) is 0. The van der Waals surface area contributed by atoms with Crippen LogP contribution in [0.5, 0.6) is 0 Å². The van der Waals surface area contributed by atoms with Gasteiger partial charge >= 0.3 is 6.18 Å². The lowest BCUT2D eigenvalue weighted by atomic mass is 9.87. The van der Waals surface area contributed by atoms with E-state index in [0.717, 1.165) is 51.4 Å². The van der Waals surface area contributed by atoms with Crippen LogP contribution in [0.3, 0.4) is 0 Å². The number of halogens is 3. The SMILES string of the molecule is C=C(CC)c1cc(-c2cccc(C)c2)c(C)c(-c2cccc(C(F)(F)F)c2)c1. The Labute approximate surface area is 164 Å². The van der Waals surface area contributed by atoms with Crippen LogP contribution < -0.4 is 0 Å². The third-order valence-electron chi connectivity index (χ3n) is 5.07. The first kappa shape index (κ1) is 19.9. The fourth-order valence-electron chi connectivity index (χ4n) is 3.40. The fraction of sp³-hybridized carbons (Fsp3) is 0.200. The lowest BCUT2D eigenvalue weighted by Gasteiger charge is -2.17. The van der Waals surface area contributed by atoms with Gasteiger partial charge in [0.25, 0.3) is 0 Å². The molecule has 3 aromatic carbocycles. The molecule has 3 rings (SSSR count). The van der Waals surface area contributed by atoms with Crippen molar-refractivity contribution in [3.05, 3.63) is 89.5 Å². The molecule has 3 aromatic rings. The van der Waals surface area contributed by atoms with E-state index in [1.807, 2.05) is 45.0 Å². The molecule has 28 heavy (non-hydrogen) atoms. The number of hydrogen-bond acceptors (Lipinski definition) is 0. The quantitative estimate of drug-likeness (QED) is 0.429. The first-order valence-electron chi connectivity index (χ1n) is 9.28. The molecule has 0 amide bonds. The average Bonchev–Trinajstić information content (AvgIpc) is 2.67. The zero-order chi connectivity index (χ0) is 20.5. The maximum absolute atomic E-state index is 13.2. The maximum atomic E-state index is 13.2. The maximum Gasteiger partial charge on any atom is 0.416 e. The predicted octanol–water partition coefficient (Wildman–Crippen LogP) is 8.08. The van der Waals surface area contributed by atoms with Crippen LogP contribution in [0, 0.1) is 13.8 Å². The van der Waals surface area contributed by atoms with Crippen LogP contribution >= 0.6 is 0 Å². The molecule has 0 nitrogen and oxygen atoms in total. The Morgan fingerprint density at radius 1 is 0.857 bits per heavy atom. The molecule has 3 heteroatoms. The van der Waals surface area contributed by atoms with Crippen molar-refractivity contribution in [3.8, 4) is 22.3 Å². The number of alkyl halides is 3. The molecule has 0 fully saturated rings. The van der Waals surface area contributed by atoms with Crippen molar-refractivity contribution in [1.29, 1.82) is 0 Å². The van der Waals surface area contributed by atoms with Gasteiger partial charge in [-0.3, -0.25) is 0 Å². The van der Waals surface area contributed by atoms with Crippen molar-refractivity contribution < 1.29 is 13.2 Å². The Kier molecular flexibility index (Phi) is 5.46. The van der Waals surface area contributed by atoms with Gasteiger partial charge in [-0.1, -0.05) is 55.5 Å². The van der Waals surface area contributed by atoms with Gasteiger partial charge in [-0.2, -0.15) is 13.2 Å². The summed E-state index contributed by atoms with van der Waals surface area (Å²) in [6, 6.07) is 17.7. The minimum atomic E-state index is -4.37. The van der Waals surface area contributed by atoms with Crippen LogP contribution in [0.4, 0.5) is 13.2 Å².